The summed E-state index contributed by atoms with van der Waals surface area (Å²) in [5, 5.41) is 13.8. The first-order valence-electron chi connectivity index (χ1n) is 11.4. The van der Waals surface area contributed by atoms with Crippen LogP contribution < -0.4 is 10.1 Å². The largest absolute Gasteiger partial charge is 0.486 e. The summed E-state index contributed by atoms with van der Waals surface area (Å²) in [6, 6.07) is 12.3. The minimum atomic E-state index is -0.821. The molecular weight excluding hydrogens is 407 g/mol. The average molecular weight is 441 g/mol. The molecule has 0 aliphatic carbocycles. The maximum atomic E-state index is 13.8. The van der Waals surface area contributed by atoms with Gasteiger partial charge in [0.05, 0.1) is 0 Å². The van der Waals surface area contributed by atoms with Gasteiger partial charge in [0.15, 0.2) is 17.8 Å². The summed E-state index contributed by atoms with van der Waals surface area (Å²) in [7, 11) is 0. The van der Waals surface area contributed by atoms with Crippen molar-refractivity contribution in [1.82, 2.24) is 10.2 Å². The Hall–Kier alpha value is -2.70. The molecule has 1 heterocycles. The second-order valence-corrected chi connectivity index (χ2v) is 8.19. The zero-order valence-corrected chi connectivity index (χ0v) is 18.7. The van der Waals surface area contributed by atoms with Gasteiger partial charge in [0, 0.05) is 23.7 Å². The molecule has 1 aliphatic rings. The molecule has 1 amide bonds. The van der Waals surface area contributed by atoms with E-state index in [4.69, 9.17) is 4.74 Å². The van der Waals surface area contributed by atoms with E-state index in [9.17, 15) is 14.3 Å². The lowest BCUT2D eigenvalue weighted by atomic mass is 10.1. The first kappa shape index (κ1) is 24.0. The molecular formula is C26H33FN2O3. The number of amides is 1. The summed E-state index contributed by atoms with van der Waals surface area (Å²) in [6.45, 7) is 7.37. The van der Waals surface area contributed by atoms with Crippen LogP contribution in [-0.4, -0.2) is 35.6 Å². The molecule has 2 atom stereocenters. The fourth-order valence-corrected chi connectivity index (χ4v) is 4.00. The number of carbonyl (C=O) groups excluding carboxylic acids is 1. The predicted octanol–water partition coefficient (Wildman–Crippen LogP) is 5.14. The van der Waals surface area contributed by atoms with E-state index in [0.29, 0.717) is 17.7 Å². The number of fused-ring (bicyclic) bond motifs is 1. The van der Waals surface area contributed by atoms with Gasteiger partial charge in [0.2, 0.25) is 0 Å². The number of aliphatic hydroxyl groups is 1. The molecule has 0 bridgehead atoms. The van der Waals surface area contributed by atoms with Crippen LogP contribution in [0, 0.1) is 5.82 Å². The molecule has 6 heteroatoms. The number of carbonyl (C=O) groups is 1. The van der Waals surface area contributed by atoms with Crippen molar-refractivity contribution in [2.24, 2.45) is 0 Å². The number of nitrogens with zero attached hydrogens (tertiary/aromatic N) is 1. The van der Waals surface area contributed by atoms with Crippen molar-refractivity contribution in [3.63, 3.8) is 0 Å². The molecule has 0 radical (unpaired) electrons. The molecule has 3 rings (SSSR count). The summed E-state index contributed by atoms with van der Waals surface area (Å²) in [5.41, 5.74) is 2.30. The lowest BCUT2D eigenvalue weighted by Gasteiger charge is -2.20. The van der Waals surface area contributed by atoms with Crippen LogP contribution in [0.5, 0.6) is 5.75 Å². The monoisotopic (exact) mass is 440 g/mol. The van der Waals surface area contributed by atoms with Crippen LogP contribution in [0.25, 0.3) is 0 Å². The maximum absolute atomic E-state index is 13.8. The van der Waals surface area contributed by atoms with E-state index in [-0.39, 0.29) is 30.1 Å². The number of ether oxygens (including phenoxy) is 1. The van der Waals surface area contributed by atoms with Crippen LogP contribution in [0.3, 0.4) is 0 Å². The Bertz CT molecular complexity index is 918. The molecule has 1 unspecified atom stereocenters. The molecule has 0 spiro atoms. The number of rotatable bonds is 13. The van der Waals surface area contributed by atoms with Gasteiger partial charge in [-0.05, 0) is 50.1 Å². The summed E-state index contributed by atoms with van der Waals surface area (Å²) in [4.78, 5) is 14.0. The molecule has 0 saturated heterocycles. The molecule has 5 nitrogen and oxygen atoms in total. The molecule has 0 fully saturated rings. The van der Waals surface area contributed by atoms with Crippen LogP contribution in [-0.2, 0) is 0 Å². The van der Waals surface area contributed by atoms with Crippen molar-refractivity contribution >= 4 is 5.91 Å². The summed E-state index contributed by atoms with van der Waals surface area (Å²) in [6.07, 6.45) is 5.89. The normalized spacial score (nSPS) is 16.2. The minimum Gasteiger partial charge on any atom is -0.486 e. The Labute approximate surface area is 189 Å². The second kappa shape index (κ2) is 11.8. The molecule has 172 valence electrons. The van der Waals surface area contributed by atoms with E-state index < -0.39 is 6.23 Å². The summed E-state index contributed by atoms with van der Waals surface area (Å²) < 4.78 is 19.2. The van der Waals surface area contributed by atoms with Gasteiger partial charge < -0.3 is 20.1 Å². The average Bonchev–Trinajstić information content (AvgIpc) is 3.05. The summed E-state index contributed by atoms with van der Waals surface area (Å²) in [5.74, 6) is -0.194. The SMILES string of the molecule is C=CCOc1cc([C@H](C)NCCCCCCCN2C(=O)c3ccccc3C2O)ccc1F. The highest BCUT2D eigenvalue weighted by molar-refractivity contribution is 5.98. The Kier molecular flexibility index (Phi) is 8.82. The first-order valence-corrected chi connectivity index (χ1v) is 11.4. The van der Waals surface area contributed by atoms with Crippen LogP contribution in [0.15, 0.2) is 55.1 Å². The van der Waals surface area contributed by atoms with Gasteiger partial charge >= 0.3 is 0 Å². The Balaban J connectivity index is 1.30. The van der Waals surface area contributed by atoms with Crippen LogP contribution in [0.1, 0.15) is 72.8 Å². The number of unbranched alkanes of at least 4 members (excludes halogenated alkanes) is 4. The molecule has 2 aromatic rings. The van der Waals surface area contributed by atoms with Crippen molar-refractivity contribution < 1.29 is 19.0 Å². The second-order valence-electron chi connectivity index (χ2n) is 8.19. The van der Waals surface area contributed by atoms with E-state index in [1.807, 2.05) is 18.2 Å². The van der Waals surface area contributed by atoms with Crippen molar-refractivity contribution in [2.75, 3.05) is 19.7 Å². The van der Waals surface area contributed by atoms with E-state index in [1.54, 1.807) is 29.2 Å². The van der Waals surface area contributed by atoms with Gasteiger partial charge in [-0.3, -0.25) is 4.79 Å². The zero-order valence-electron chi connectivity index (χ0n) is 18.7. The molecule has 32 heavy (non-hydrogen) atoms. The third kappa shape index (κ3) is 5.96. The van der Waals surface area contributed by atoms with E-state index in [2.05, 4.69) is 18.8 Å². The van der Waals surface area contributed by atoms with Gasteiger partial charge in [-0.2, -0.15) is 0 Å². The number of hydrogen-bond donors (Lipinski definition) is 2. The van der Waals surface area contributed by atoms with Gasteiger partial charge in [-0.15, -0.1) is 0 Å². The van der Waals surface area contributed by atoms with Crippen LogP contribution in [0.2, 0.25) is 0 Å². The van der Waals surface area contributed by atoms with Gasteiger partial charge in [-0.1, -0.05) is 56.2 Å². The molecule has 2 N–H and O–H groups in total. The topological polar surface area (TPSA) is 61.8 Å². The standard InChI is InChI=1S/C26H33FN2O3/c1-3-17-32-24-18-20(13-14-23(24)27)19(2)28-15-9-5-4-6-10-16-29-25(30)21-11-7-8-12-22(21)26(29)31/h3,7-8,11-14,18-19,25,28,30H,1,4-6,9-10,15-17H2,2H3/t19-,25?/m0/s1. The highest BCUT2D eigenvalue weighted by Crippen LogP contribution is 2.31. The van der Waals surface area contributed by atoms with Crippen molar-refractivity contribution in [3.8, 4) is 5.75 Å². The third-order valence-electron chi connectivity index (χ3n) is 5.86. The van der Waals surface area contributed by atoms with Gasteiger partial charge in [0.25, 0.3) is 5.91 Å². The fourth-order valence-electron chi connectivity index (χ4n) is 4.00. The smallest absolute Gasteiger partial charge is 0.256 e. The first-order chi connectivity index (χ1) is 15.5. The molecule has 1 aliphatic heterocycles. The fraction of sp³-hybridized carbons (Fsp3) is 0.423. The van der Waals surface area contributed by atoms with E-state index in [0.717, 1.165) is 44.2 Å². The van der Waals surface area contributed by atoms with Crippen molar-refractivity contribution in [2.45, 2.75) is 51.3 Å². The zero-order chi connectivity index (χ0) is 22.9. The number of benzene rings is 2. The molecule has 0 saturated carbocycles. The predicted molar refractivity (Wildman–Crippen MR) is 124 cm³/mol. The Morgan fingerprint density at radius 1 is 1.19 bits per heavy atom. The lowest BCUT2D eigenvalue weighted by Crippen LogP contribution is -2.29. The number of hydrogen-bond acceptors (Lipinski definition) is 4. The highest BCUT2D eigenvalue weighted by atomic mass is 19.1. The van der Waals surface area contributed by atoms with E-state index >= 15 is 0 Å². The number of halogens is 1. The number of nitrogens with one attached hydrogen (secondary N) is 1. The maximum Gasteiger partial charge on any atom is 0.256 e. The highest BCUT2D eigenvalue weighted by Gasteiger charge is 2.34. The quantitative estimate of drug-likeness (QED) is 0.334. The lowest BCUT2D eigenvalue weighted by molar-refractivity contribution is 0.0169. The Morgan fingerprint density at radius 3 is 2.72 bits per heavy atom. The third-order valence-corrected chi connectivity index (χ3v) is 5.86. The van der Waals surface area contributed by atoms with Crippen molar-refractivity contribution in [1.29, 1.82) is 0 Å². The van der Waals surface area contributed by atoms with Gasteiger partial charge in [0.1, 0.15) is 6.61 Å². The number of aliphatic hydroxyl groups excluding tert-OH is 1. The molecule has 0 aromatic heterocycles. The summed E-state index contributed by atoms with van der Waals surface area (Å²) >= 11 is 0. The van der Waals surface area contributed by atoms with Gasteiger partial charge in [-0.25, -0.2) is 4.39 Å². The van der Waals surface area contributed by atoms with Crippen LogP contribution >= 0.6 is 0 Å². The van der Waals surface area contributed by atoms with Crippen LogP contribution in [0.4, 0.5) is 4.39 Å². The van der Waals surface area contributed by atoms with Crippen molar-refractivity contribution in [3.05, 3.63) is 77.6 Å². The van der Waals surface area contributed by atoms with E-state index in [1.165, 1.54) is 6.07 Å². The minimum absolute atomic E-state index is 0.0786. The Morgan fingerprint density at radius 2 is 1.94 bits per heavy atom. The molecule has 2 aromatic carbocycles.